The van der Waals surface area contributed by atoms with Gasteiger partial charge in [-0.1, -0.05) is 11.6 Å². The predicted molar refractivity (Wildman–Crippen MR) is 62.8 cm³/mol. The molecule has 2 heterocycles. The fourth-order valence-electron chi connectivity index (χ4n) is 1.45. The number of halogens is 1. The van der Waals surface area contributed by atoms with Crippen LogP contribution >= 0.6 is 11.6 Å². The molecule has 0 radical (unpaired) electrons. The zero-order valence-corrected chi connectivity index (χ0v) is 10.1. The second kappa shape index (κ2) is 4.18. The average Bonchev–Trinajstić information content (AvgIpc) is 2.58. The lowest BCUT2D eigenvalue weighted by molar-refractivity contribution is 0.0696. The van der Waals surface area contributed by atoms with E-state index in [1.807, 2.05) is 0 Å². The van der Waals surface area contributed by atoms with Crippen LogP contribution in [0.4, 0.5) is 0 Å². The molecule has 0 aliphatic rings. The first-order valence-electron chi connectivity index (χ1n) is 4.91. The first-order chi connectivity index (χ1) is 7.97. The molecule has 0 saturated carbocycles. The van der Waals surface area contributed by atoms with Gasteiger partial charge in [-0.25, -0.2) is 14.5 Å². The predicted octanol–water partition coefficient (Wildman–Crippen LogP) is 2.24. The van der Waals surface area contributed by atoms with E-state index in [0.717, 1.165) is 0 Å². The van der Waals surface area contributed by atoms with Crippen molar-refractivity contribution >= 4 is 17.6 Å². The number of carbonyl (C=O) groups is 1. The topological polar surface area (TPSA) is 68.0 Å². The Labute approximate surface area is 103 Å². The number of aromatic carboxylic acids is 1. The molecular weight excluding hydrogens is 242 g/mol. The van der Waals surface area contributed by atoms with Crippen molar-refractivity contribution in [1.82, 2.24) is 14.8 Å². The van der Waals surface area contributed by atoms with Gasteiger partial charge in [-0.05, 0) is 26.0 Å². The number of nitrogens with zero attached hydrogens (tertiary/aromatic N) is 3. The smallest absolute Gasteiger partial charge is 0.335 e. The van der Waals surface area contributed by atoms with Crippen molar-refractivity contribution in [2.45, 2.75) is 13.8 Å². The third-order valence-electron chi connectivity index (χ3n) is 2.26. The minimum absolute atomic E-state index is 0.178. The largest absolute Gasteiger partial charge is 0.478 e. The van der Waals surface area contributed by atoms with Crippen LogP contribution in [0, 0.1) is 13.8 Å². The lowest BCUT2D eigenvalue weighted by atomic mass is 10.2. The maximum atomic E-state index is 10.9. The first-order valence-corrected chi connectivity index (χ1v) is 5.29. The third-order valence-corrected chi connectivity index (χ3v) is 2.63. The molecule has 2 rings (SSSR count). The van der Waals surface area contributed by atoms with Gasteiger partial charge in [0.25, 0.3) is 0 Å². The molecule has 6 heteroatoms. The van der Waals surface area contributed by atoms with Gasteiger partial charge in [0.1, 0.15) is 0 Å². The Balaban J connectivity index is 2.55. The van der Waals surface area contributed by atoms with Crippen LogP contribution in [-0.2, 0) is 0 Å². The normalized spacial score (nSPS) is 10.5. The van der Waals surface area contributed by atoms with Crippen molar-refractivity contribution in [3.63, 3.8) is 0 Å². The van der Waals surface area contributed by atoms with Gasteiger partial charge < -0.3 is 5.11 Å². The maximum Gasteiger partial charge on any atom is 0.335 e. The van der Waals surface area contributed by atoms with Crippen LogP contribution in [0.3, 0.4) is 0 Å². The summed E-state index contributed by atoms with van der Waals surface area (Å²) in [5.41, 5.74) is 1.47. The fourth-order valence-corrected chi connectivity index (χ4v) is 1.58. The molecular formula is C11H10ClN3O2. The van der Waals surface area contributed by atoms with Gasteiger partial charge in [0.15, 0.2) is 5.82 Å². The Morgan fingerprint density at radius 3 is 2.65 bits per heavy atom. The van der Waals surface area contributed by atoms with Gasteiger partial charge in [-0.2, -0.15) is 5.10 Å². The van der Waals surface area contributed by atoms with E-state index in [1.165, 1.54) is 16.8 Å². The number of carboxylic acids is 1. The standard InChI is InChI=1S/C11H10ClN3O2/c1-6-3-8(11(16)17)4-10(13-6)15-5-9(12)7(2)14-15/h3-5H,1-2H3,(H,16,17). The second-order valence-electron chi connectivity index (χ2n) is 3.67. The molecule has 0 unspecified atom stereocenters. The Hall–Kier alpha value is -1.88. The summed E-state index contributed by atoms with van der Waals surface area (Å²) < 4.78 is 1.47. The minimum atomic E-state index is -0.994. The summed E-state index contributed by atoms with van der Waals surface area (Å²) in [6.45, 7) is 3.50. The Kier molecular flexibility index (Phi) is 2.85. The monoisotopic (exact) mass is 251 g/mol. The van der Waals surface area contributed by atoms with E-state index >= 15 is 0 Å². The lowest BCUT2D eigenvalue weighted by Crippen LogP contribution is -2.04. The zero-order chi connectivity index (χ0) is 12.6. The van der Waals surface area contributed by atoms with Crippen LogP contribution in [0.2, 0.25) is 5.02 Å². The SMILES string of the molecule is Cc1cc(C(=O)O)cc(-n2cc(Cl)c(C)n2)n1. The molecule has 2 aromatic rings. The van der Waals surface area contributed by atoms with E-state index in [0.29, 0.717) is 22.2 Å². The van der Waals surface area contributed by atoms with Crippen molar-refractivity contribution < 1.29 is 9.90 Å². The number of carboxylic acid groups (broad SMARTS) is 1. The lowest BCUT2D eigenvalue weighted by Gasteiger charge is -2.03. The molecule has 5 nitrogen and oxygen atoms in total. The molecule has 0 spiro atoms. The van der Waals surface area contributed by atoms with Crippen LogP contribution in [0.5, 0.6) is 0 Å². The van der Waals surface area contributed by atoms with Crippen LogP contribution in [-0.4, -0.2) is 25.8 Å². The molecule has 0 bridgehead atoms. The van der Waals surface area contributed by atoms with E-state index in [2.05, 4.69) is 10.1 Å². The minimum Gasteiger partial charge on any atom is -0.478 e. The summed E-state index contributed by atoms with van der Waals surface area (Å²) >= 11 is 5.89. The number of hydrogen-bond donors (Lipinski definition) is 1. The molecule has 2 aromatic heterocycles. The van der Waals surface area contributed by atoms with Crippen molar-refractivity contribution in [2.75, 3.05) is 0 Å². The van der Waals surface area contributed by atoms with E-state index < -0.39 is 5.97 Å². The van der Waals surface area contributed by atoms with E-state index in [-0.39, 0.29) is 5.56 Å². The number of rotatable bonds is 2. The number of aromatic nitrogens is 3. The summed E-state index contributed by atoms with van der Waals surface area (Å²) in [4.78, 5) is 15.1. The maximum absolute atomic E-state index is 10.9. The van der Waals surface area contributed by atoms with Crippen LogP contribution in [0.15, 0.2) is 18.3 Å². The fraction of sp³-hybridized carbons (Fsp3) is 0.182. The first kappa shape index (κ1) is 11.6. The van der Waals surface area contributed by atoms with Crippen molar-refractivity contribution in [1.29, 1.82) is 0 Å². The van der Waals surface area contributed by atoms with Crippen molar-refractivity contribution in [3.05, 3.63) is 40.3 Å². The number of hydrogen-bond acceptors (Lipinski definition) is 3. The van der Waals surface area contributed by atoms with Crippen molar-refractivity contribution in [2.24, 2.45) is 0 Å². The van der Waals surface area contributed by atoms with Gasteiger partial charge >= 0.3 is 5.97 Å². The molecule has 17 heavy (non-hydrogen) atoms. The van der Waals surface area contributed by atoms with E-state index in [9.17, 15) is 4.79 Å². The highest BCUT2D eigenvalue weighted by Crippen LogP contribution is 2.16. The molecule has 0 saturated heterocycles. The highest BCUT2D eigenvalue weighted by molar-refractivity contribution is 6.31. The zero-order valence-electron chi connectivity index (χ0n) is 9.31. The summed E-state index contributed by atoms with van der Waals surface area (Å²) in [5, 5.41) is 13.6. The molecule has 0 aromatic carbocycles. The summed E-state index contributed by atoms with van der Waals surface area (Å²) in [6, 6.07) is 2.96. The highest BCUT2D eigenvalue weighted by atomic mass is 35.5. The van der Waals surface area contributed by atoms with Crippen molar-refractivity contribution in [3.8, 4) is 5.82 Å². The second-order valence-corrected chi connectivity index (χ2v) is 4.07. The van der Waals surface area contributed by atoms with Gasteiger partial charge in [0.05, 0.1) is 22.5 Å². The molecule has 0 aliphatic heterocycles. The molecule has 88 valence electrons. The van der Waals surface area contributed by atoms with Gasteiger partial charge in [0.2, 0.25) is 0 Å². The summed E-state index contributed by atoms with van der Waals surface area (Å²) in [5.74, 6) is -0.552. The van der Waals surface area contributed by atoms with Crippen LogP contribution in [0.1, 0.15) is 21.7 Å². The number of pyridine rings is 1. The summed E-state index contributed by atoms with van der Waals surface area (Å²) in [7, 11) is 0. The third kappa shape index (κ3) is 2.29. The van der Waals surface area contributed by atoms with E-state index in [1.54, 1.807) is 20.0 Å². The number of aryl methyl sites for hydroxylation is 2. The molecule has 0 atom stereocenters. The molecule has 0 amide bonds. The average molecular weight is 252 g/mol. The van der Waals surface area contributed by atoms with Gasteiger partial charge in [0, 0.05) is 5.69 Å². The van der Waals surface area contributed by atoms with Crippen LogP contribution in [0.25, 0.3) is 5.82 Å². The highest BCUT2D eigenvalue weighted by Gasteiger charge is 2.10. The molecule has 0 fully saturated rings. The quantitative estimate of drug-likeness (QED) is 0.889. The Morgan fingerprint density at radius 2 is 2.12 bits per heavy atom. The van der Waals surface area contributed by atoms with Crippen LogP contribution < -0.4 is 0 Å². The Bertz CT molecular complexity index is 573. The summed E-state index contributed by atoms with van der Waals surface area (Å²) in [6.07, 6.45) is 1.60. The van der Waals surface area contributed by atoms with Gasteiger partial charge in [-0.15, -0.1) is 0 Å². The van der Waals surface area contributed by atoms with E-state index in [4.69, 9.17) is 16.7 Å². The molecule has 0 aliphatic carbocycles. The van der Waals surface area contributed by atoms with Gasteiger partial charge in [-0.3, -0.25) is 0 Å². The molecule has 1 N–H and O–H groups in total. The Morgan fingerprint density at radius 1 is 1.41 bits per heavy atom.